The highest BCUT2D eigenvalue weighted by atomic mass is 28.3. The summed E-state index contributed by atoms with van der Waals surface area (Å²) in [5.74, 6) is -0.830. The molecule has 1 aliphatic heterocycles. The van der Waals surface area contributed by atoms with E-state index in [0.717, 1.165) is 24.8 Å². The Kier molecular flexibility index (Phi) is 13.2. The van der Waals surface area contributed by atoms with Crippen molar-refractivity contribution in [1.82, 2.24) is 0 Å². The van der Waals surface area contributed by atoms with Gasteiger partial charge in [0, 0.05) is 8.80 Å². The zero-order valence-electron chi connectivity index (χ0n) is 23.7. The second kappa shape index (κ2) is 16.3. The minimum Gasteiger partial charge on any atom is -0.485 e. The van der Waals surface area contributed by atoms with Crippen LogP contribution in [0, 0.1) is 11.6 Å². The van der Waals surface area contributed by atoms with Crippen LogP contribution in [0.3, 0.4) is 0 Å². The highest BCUT2D eigenvalue weighted by Gasteiger charge is 2.23. The molecule has 0 aromatic heterocycles. The van der Waals surface area contributed by atoms with E-state index >= 15 is 0 Å². The molecule has 0 N–H and O–H groups in total. The highest BCUT2D eigenvalue weighted by molar-refractivity contribution is 6.59. The molecule has 0 saturated carbocycles. The van der Waals surface area contributed by atoms with Crippen molar-refractivity contribution in [2.75, 3.05) is 0 Å². The van der Waals surface area contributed by atoms with Crippen molar-refractivity contribution in [2.24, 2.45) is 0 Å². The predicted octanol–water partition coefficient (Wildman–Crippen LogP) is 10.8. The van der Waals surface area contributed by atoms with Crippen molar-refractivity contribution in [3.8, 4) is 16.9 Å². The van der Waals surface area contributed by atoms with Crippen LogP contribution in [0.15, 0.2) is 36.4 Å². The van der Waals surface area contributed by atoms with E-state index in [1.54, 1.807) is 0 Å². The molecule has 0 radical (unpaired) electrons. The number of benzene rings is 2. The first kappa shape index (κ1) is 29.9. The Hall–Kier alpha value is -1.68. The van der Waals surface area contributed by atoms with Gasteiger partial charge >= 0.3 is 0 Å². The second-order valence-corrected chi connectivity index (χ2v) is 14.9. The summed E-state index contributed by atoms with van der Waals surface area (Å²) in [4.78, 5) is 0. The van der Waals surface area contributed by atoms with Crippen molar-refractivity contribution in [3.63, 3.8) is 0 Å². The molecule has 2 aromatic carbocycles. The molecular formula is C33H50F2OSi. The van der Waals surface area contributed by atoms with Gasteiger partial charge in [0.05, 0.1) is 6.10 Å². The monoisotopic (exact) mass is 528 g/mol. The molecule has 4 heteroatoms. The van der Waals surface area contributed by atoms with Gasteiger partial charge in [0.15, 0.2) is 17.4 Å². The fraction of sp³-hybridized carbons (Fsp3) is 0.636. The van der Waals surface area contributed by atoms with E-state index in [1.165, 1.54) is 100 Å². The third-order valence-corrected chi connectivity index (χ3v) is 11.8. The third kappa shape index (κ3) is 9.85. The maximum absolute atomic E-state index is 14.8. The SMILES string of the molecule is CCCCCCC[C@H](C)Oc1c(F)cc(-c2ccc(C3CC[SiH](CCCCCCC)CC3)cc2)cc1F. The average Bonchev–Trinajstić information content (AvgIpc) is 2.91. The summed E-state index contributed by atoms with van der Waals surface area (Å²) in [7, 11) is -0.533. The van der Waals surface area contributed by atoms with E-state index in [2.05, 4.69) is 26.0 Å². The number of hydrogen-bond donors (Lipinski definition) is 0. The summed E-state index contributed by atoms with van der Waals surface area (Å²) in [5.41, 5.74) is 2.81. The van der Waals surface area contributed by atoms with Crippen LogP contribution in [-0.4, -0.2) is 14.9 Å². The van der Waals surface area contributed by atoms with Gasteiger partial charge in [-0.25, -0.2) is 8.78 Å². The molecule has 2 aromatic rings. The molecule has 0 amide bonds. The van der Waals surface area contributed by atoms with Crippen molar-refractivity contribution >= 4 is 8.80 Å². The minimum absolute atomic E-state index is 0.199. The summed E-state index contributed by atoms with van der Waals surface area (Å²) in [5, 5.41) is 0. The summed E-state index contributed by atoms with van der Waals surface area (Å²) >= 11 is 0. The van der Waals surface area contributed by atoms with Gasteiger partial charge in [-0.3, -0.25) is 0 Å². The Morgan fingerprint density at radius 2 is 1.35 bits per heavy atom. The van der Waals surface area contributed by atoms with Crippen molar-refractivity contribution in [2.45, 2.75) is 134 Å². The Balaban J connectivity index is 1.50. The molecular weight excluding hydrogens is 478 g/mol. The number of rotatable bonds is 16. The topological polar surface area (TPSA) is 9.23 Å². The van der Waals surface area contributed by atoms with Gasteiger partial charge < -0.3 is 4.74 Å². The van der Waals surface area contributed by atoms with Crippen LogP contribution in [-0.2, 0) is 0 Å². The molecule has 0 bridgehead atoms. The van der Waals surface area contributed by atoms with Crippen LogP contribution < -0.4 is 4.74 Å². The maximum Gasteiger partial charge on any atom is 0.191 e. The van der Waals surface area contributed by atoms with E-state index in [9.17, 15) is 8.78 Å². The molecule has 1 atom stereocenters. The van der Waals surface area contributed by atoms with Crippen molar-refractivity contribution < 1.29 is 13.5 Å². The van der Waals surface area contributed by atoms with Crippen LogP contribution in [0.4, 0.5) is 8.78 Å². The van der Waals surface area contributed by atoms with Gasteiger partial charge in [0.25, 0.3) is 0 Å². The van der Waals surface area contributed by atoms with Gasteiger partial charge in [-0.05, 0) is 67.3 Å². The Labute approximate surface area is 227 Å². The largest absolute Gasteiger partial charge is 0.485 e. The number of halogens is 2. The molecule has 1 fully saturated rings. The molecule has 1 nitrogen and oxygen atoms in total. The predicted molar refractivity (Wildman–Crippen MR) is 158 cm³/mol. The lowest BCUT2D eigenvalue weighted by Gasteiger charge is -2.28. The smallest absolute Gasteiger partial charge is 0.191 e. The van der Waals surface area contributed by atoms with Gasteiger partial charge in [-0.15, -0.1) is 0 Å². The molecule has 37 heavy (non-hydrogen) atoms. The van der Waals surface area contributed by atoms with Crippen LogP contribution >= 0.6 is 0 Å². The van der Waals surface area contributed by atoms with Gasteiger partial charge in [0.2, 0.25) is 0 Å². The normalized spacial score (nSPS) is 18.6. The minimum atomic E-state index is -0.616. The molecule has 1 aliphatic rings. The Bertz CT molecular complexity index is 882. The van der Waals surface area contributed by atoms with Crippen LogP contribution in [0.25, 0.3) is 11.1 Å². The molecule has 0 aliphatic carbocycles. The summed E-state index contributed by atoms with van der Waals surface area (Å²) in [6.45, 7) is 6.37. The van der Waals surface area contributed by atoms with E-state index in [-0.39, 0.29) is 11.9 Å². The first-order valence-corrected chi connectivity index (χ1v) is 17.7. The quantitative estimate of drug-likeness (QED) is 0.155. The van der Waals surface area contributed by atoms with Gasteiger partial charge in [-0.1, -0.05) is 114 Å². The maximum atomic E-state index is 14.8. The first-order valence-electron chi connectivity index (χ1n) is 15.3. The van der Waals surface area contributed by atoms with Gasteiger partial charge in [-0.2, -0.15) is 0 Å². The highest BCUT2D eigenvalue weighted by Crippen LogP contribution is 2.37. The lowest BCUT2D eigenvalue weighted by molar-refractivity contribution is 0.188. The van der Waals surface area contributed by atoms with Crippen molar-refractivity contribution in [1.29, 1.82) is 0 Å². The number of ether oxygens (including phenoxy) is 1. The molecule has 0 spiro atoms. The average molecular weight is 529 g/mol. The van der Waals surface area contributed by atoms with Crippen LogP contribution in [0.5, 0.6) is 5.75 Å². The lowest BCUT2D eigenvalue weighted by atomic mass is 9.92. The molecule has 1 saturated heterocycles. The molecule has 0 unspecified atom stereocenters. The summed E-state index contributed by atoms with van der Waals surface area (Å²) in [6, 6.07) is 15.7. The third-order valence-electron chi connectivity index (χ3n) is 8.31. The van der Waals surface area contributed by atoms with Crippen LogP contribution in [0.1, 0.15) is 116 Å². The Morgan fingerprint density at radius 1 is 0.784 bits per heavy atom. The van der Waals surface area contributed by atoms with E-state index < -0.39 is 20.4 Å². The zero-order chi connectivity index (χ0) is 26.5. The first-order chi connectivity index (χ1) is 18.0. The Morgan fingerprint density at radius 3 is 1.95 bits per heavy atom. The molecule has 206 valence electrons. The van der Waals surface area contributed by atoms with Crippen LogP contribution in [0.2, 0.25) is 18.1 Å². The molecule has 3 rings (SSSR count). The number of unbranched alkanes of at least 4 members (excludes halogenated alkanes) is 8. The number of hydrogen-bond acceptors (Lipinski definition) is 1. The summed E-state index contributed by atoms with van der Waals surface area (Å²) < 4.78 is 35.4. The fourth-order valence-corrected chi connectivity index (χ4v) is 9.38. The summed E-state index contributed by atoms with van der Waals surface area (Å²) in [6.07, 6.45) is 16.1. The van der Waals surface area contributed by atoms with E-state index in [4.69, 9.17) is 4.74 Å². The fourth-order valence-electron chi connectivity index (χ4n) is 5.90. The van der Waals surface area contributed by atoms with E-state index in [0.29, 0.717) is 11.5 Å². The zero-order valence-corrected chi connectivity index (χ0v) is 24.8. The standard InChI is InChI=1S/C33H50F2OSi/c1-4-6-8-10-12-14-26(3)36-33-31(34)24-30(25-32(33)35)28-17-15-27(16-18-28)29-19-22-37(23-20-29)21-13-11-9-7-5-2/h15-18,24-26,29,37H,4-14,19-23H2,1-3H3/t26-,29?,37?/m0/s1. The van der Waals surface area contributed by atoms with Crippen molar-refractivity contribution in [3.05, 3.63) is 53.6 Å². The van der Waals surface area contributed by atoms with E-state index in [1.807, 2.05) is 19.1 Å². The second-order valence-electron chi connectivity index (χ2n) is 11.4. The molecule has 1 heterocycles. The lowest BCUT2D eigenvalue weighted by Crippen LogP contribution is -2.20. The van der Waals surface area contributed by atoms with Gasteiger partial charge in [0.1, 0.15) is 0 Å².